The SMILES string of the molecule is C#CCn1c(=NC(=O)CS(=O)(=O)CC(=O)Nc2sc3c(c2C(=O)OC)CCCCC3)sc2cc(Cl)ccc21. The summed E-state index contributed by atoms with van der Waals surface area (Å²) in [5.41, 5.74) is 1.83. The largest absolute Gasteiger partial charge is 0.465 e. The van der Waals surface area contributed by atoms with E-state index in [4.69, 9.17) is 22.8 Å². The van der Waals surface area contributed by atoms with Crippen LogP contribution in [0.4, 0.5) is 5.00 Å². The van der Waals surface area contributed by atoms with Crippen LogP contribution < -0.4 is 10.1 Å². The number of terminal acetylenes is 1. The van der Waals surface area contributed by atoms with E-state index in [1.165, 1.54) is 18.4 Å². The van der Waals surface area contributed by atoms with Crippen LogP contribution in [-0.4, -0.2) is 49.4 Å². The smallest absolute Gasteiger partial charge is 0.341 e. The molecule has 38 heavy (non-hydrogen) atoms. The molecule has 2 heterocycles. The van der Waals surface area contributed by atoms with Crippen molar-refractivity contribution in [3.05, 3.63) is 44.0 Å². The van der Waals surface area contributed by atoms with Gasteiger partial charge in [0, 0.05) is 9.90 Å². The summed E-state index contributed by atoms with van der Waals surface area (Å²) in [4.78, 5) is 42.9. The molecule has 0 saturated heterocycles. The van der Waals surface area contributed by atoms with Gasteiger partial charge in [-0.05, 0) is 49.4 Å². The van der Waals surface area contributed by atoms with E-state index in [1.807, 2.05) is 0 Å². The first-order valence-corrected chi connectivity index (χ1v) is 15.5. The van der Waals surface area contributed by atoms with Crippen LogP contribution in [0.3, 0.4) is 0 Å². The van der Waals surface area contributed by atoms with Crippen LogP contribution in [0.15, 0.2) is 23.2 Å². The number of carbonyl (C=O) groups is 3. The Morgan fingerprint density at radius 3 is 2.68 bits per heavy atom. The molecule has 0 bridgehead atoms. The molecule has 0 saturated carbocycles. The maximum absolute atomic E-state index is 12.7. The Morgan fingerprint density at radius 1 is 1.18 bits per heavy atom. The van der Waals surface area contributed by atoms with Crippen LogP contribution in [0.25, 0.3) is 10.2 Å². The fourth-order valence-corrected chi connectivity index (χ4v) is 7.90. The number of thiazole rings is 1. The van der Waals surface area contributed by atoms with Crippen LogP contribution in [0, 0.1) is 12.3 Å². The highest BCUT2D eigenvalue weighted by atomic mass is 35.5. The van der Waals surface area contributed by atoms with Crippen LogP contribution in [0.5, 0.6) is 0 Å². The second-order valence-corrected chi connectivity index (χ2v) is 13.2. The maximum atomic E-state index is 12.7. The summed E-state index contributed by atoms with van der Waals surface area (Å²) in [5, 5.41) is 3.31. The zero-order valence-electron chi connectivity index (χ0n) is 20.4. The van der Waals surface area contributed by atoms with Crippen molar-refractivity contribution < 1.29 is 27.5 Å². The third-order valence-electron chi connectivity index (χ3n) is 5.87. The van der Waals surface area contributed by atoms with Crippen molar-refractivity contribution in [2.24, 2.45) is 4.99 Å². The van der Waals surface area contributed by atoms with E-state index < -0.39 is 39.1 Å². The fraction of sp³-hybridized carbons (Fsp3) is 0.360. The zero-order chi connectivity index (χ0) is 27.4. The molecule has 2 amide bonds. The van der Waals surface area contributed by atoms with Gasteiger partial charge in [0.15, 0.2) is 14.6 Å². The lowest BCUT2D eigenvalue weighted by atomic mass is 10.1. The third-order valence-corrected chi connectivity index (χ3v) is 9.74. The number of nitrogens with zero attached hydrogens (tertiary/aromatic N) is 2. The second-order valence-electron chi connectivity index (χ2n) is 8.63. The van der Waals surface area contributed by atoms with Gasteiger partial charge in [0.2, 0.25) is 5.91 Å². The number of carbonyl (C=O) groups excluding carboxylic acids is 3. The lowest BCUT2D eigenvalue weighted by molar-refractivity contribution is -0.115. The number of anilines is 1. The molecule has 0 spiro atoms. The van der Waals surface area contributed by atoms with Gasteiger partial charge in [0.05, 0.1) is 29.4 Å². The Morgan fingerprint density at radius 2 is 1.95 bits per heavy atom. The summed E-state index contributed by atoms with van der Waals surface area (Å²) in [7, 11) is -2.91. The molecule has 0 radical (unpaired) electrons. The lowest BCUT2D eigenvalue weighted by Crippen LogP contribution is -2.28. The quantitative estimate of drug-likeness (QED) is 0.254. The molecule has 3 aromatic rings. The van der Waals surface area contributed by atoms with Gasteiger partial charge in [-0.3, -0.25) is 9.59 Å². The molecule has 1 aliphatic carbocycles. The van der Waals surface area contributed by atoms with Crippen molar-refractivity contribution in [2.75, 3.05) is 23.9 Å². The van der Waals surface area contributed by atoms with Crippen molar-refractivity contribution in [2.45, 2.75) is 38.6 Å². The monoisotopic (exact) mass is 593 g/mol. The average molecular weight is 594 g/mol. The first-order valence-electron chi connectivity index (χ1n) is 11.6. The predicted molar refractivity (Wildman–Crippen MR) is 148 cm³/mol. The van der Waals surface area contributed by atoms with Crippen LogP contribution in [0.2, 0.25) is 5.02 Å². The number of aromatic nitrogens is 1. The highest BCUT2D eigenvalue weighted by Crippen LogP contribution is 2.38. The topological polar surface area (TPSA) is 124 Å². The van der Waals surface area contributed by atoms with Crippen molar-refractivity contribution in [3.63, 3.8) is 0 Å². The normalized spacial score (nSPS) is 14.0. The molecule has 2 aromatic heterocycles. The van der Waals surface area contributed by atoms with Gasteiger partial charge in [-0.15, -0.1) is 17.8 Å². The second kappa shape index (κ2) is 11.8. The molecular formula is C25H24ClN3O6S3. The third kappa shape index (κ3) is 6.35. The van der Waals surface area contributed by atoms with Crippen LogP contribution >= 0.6 is 34.3 Å². The highest BCUT2D eigenvalue weighted by Gasteiger charge is 2.28. The first-order chi connectivity index (χ1) is 18.1. The number of sulfone groups is 1. The van der Waals surface area contributed by atoms with Crippen LogP contribution in [-0.2, 0) is 43.5 Å². The molecule has 1 aromatic carbocycles. The fourth-order valence-electron chi connectivity index (χ4n) is 4.27. The number of thiophene rings is 1. The van der Waals surface area contributed by atoms with Gasteiger partial charge >= 0.3 is 5.97 Å². The van der Waals surface area contributed by atoms with E-state index in [0.717, 1.165) is 52.2 Å². The van der Waals surface area contributed by atoms with Gasteiger partial charge in [0.25, 0.3) is 5.91 Å². The molecule has 0 aliphatic heterocycles. The van der Waals surface area contributed by atoms with E-state index in [0.29, 0.717) is 17.0 Å². The van der Waals surface area contributed by atoms with E-state index >= 15 is 0 Å². The maximum Gasteiger partial charge on any atom is 0.341 e. The Bertz CT molecular complexity index is 1640. The number of amides is 2. The Labute approximate surface area is 232 Å². The van der Waals surface area contributed by atoms with Gasteiger partial charge in [-0.2, -0.15) is 4.99 Å². The number of ether oxygens (including phenoxy) is 1. The van der Waals surface area contributed by atoms with Gasteiger partial charge in [-0.1, -0.05) is 35.3 Å². The summed E-state index contributed by atoms with van der Waals surface area (Å²) < 4.78 is 32.6. The summed E-state index contributed by atoms with van der Waals surface area (Å²) in [6.45, 7) is 0.121. The number of halogens is 1. The summed E-state index contributed by atoms with van der Waals surface area (Å²) in [6, 6.07) is 5.12. The van der Waals surface area contributed by atoms with Gasteiger partial charge < -0.3 is 14.6 Å². The molecule has 13 heteroatoms. The lowest BCUT2D eigenvalue weighted by Gasteiger charge is -2.07. The van der Waals surface area contributed by atoms with E-state index in [9.17, 15) is 22.8 Å². The van der Waals surface area contributed by atoms with Crippen molar-refractivity contribution in [1.82, 2.24) is 4.57 Å². The number of rotatable bonds is 7. The number of fused-ring (bicyclic) bond motifs is 2. The number of aryl methyl sites for hydroxylation is 1. The van der Waals surface area contributed by atoms with Crippen LogP contribution in [0.1, 0.15) is 40.1 Å². The van der Waals surface area contributed by atoms with Crippen molar-refractivity contribution >= 4 is 77.1 Å². The predicted octanol–water partition coefficient (Wildman–Crippen LogP) is 3.59. The molecule has 0 fully saturated rings. The molecule has 9 nitrogen and oxygen atoms in total. The number of nitrogens with one attached hydrogen (secondary N) is 1. The van der Waals surface area contributed by atoms with Crippen molar-refractivity contribution in [3.8, 4) is 12.3 Å². The van der Waals surface area contributed by atoms with E-state index in [1.54, 1.807) is 22.8 Å². The number of hydrogen-bond donors (Lipinski definition) is 1. The molecule has 4 rings (SSSR count). The van der Waals surface area contributed by atoms with E-state index in [2.05, 4.69) is 16.2 Å². The molecule has 200 valence electrons. The van der Waals surface area contributed by atoms with Crippen molar-refractivity contribution in [1.29, 1.82) is 0 Å². The number of methoxy groups -OCH3 is 1. The molecule has 1 N–H and O–H groups in total. The highest BCUT2D eigenvalue weighted by molar-refractivity contribution is 7.92. The Kier molecular flexibility index (Phi) is 8.72. The molecule has 1 aliphatic rings. The molecule has 0 unspecified atom stereocenters. The minimum atomic E-state index is -4.16. The number of benzene rings is 1. The molecular weight excluding hydrogens is 570 g/mol. The first kappa shape index (κ1) is 28.0. The number of esters is 1. The summed E-state index contributed by atoms with van der Waals surface area (Å²) in [6.07, 6.45) is 9.83. The Hall–Kier alpha value is -2.98. The molecule has 0 atom stereocenters. The summed E-state index contributed by atoms with van der Waals surface area (Å²) >= 11 is 8.45. The zero-order valence-corrected chi connectivity index (χ0v) is 23.6. The minimum Gasteiger partial charge on any atom is -0.465 e. The Balaban J connectivity index is 1.51. The average Bonchev–Trinajstić information content (AvgIpc) is 3.24. The van der Waals surface area contributed by atoms with E-state index in [-0.39, 0.29) is 21.9 Å². The standard InChI is InChI=1S/C25H24ClN3O6S3/c1-3-11-29-17-10-9-15(26)12-19(17)37-25(29)28-21(31)14-38(33,34)13-20(30)27-23-22(24(32)35-2)16-7-5-4-6-8-18(16)36-23/h1,9-10,12H,4-8,11,13-14H2,2H3,(H,27,30). The van der Waals surface area contributed by atoms with Gasteiger partial charge in [0.1, 0.15) is 16.5 Å². The van der Waals surface area contributed by atoms with Gasteiger partial charge in [-0.25, -0.2) is 13.2 Å². The minimum absolute atomic E-state index is 0.121. The number of hydrogen-bond acceptors (Lipinski definition) is 8. The summed E-state index contributed by atoms with van der Waals surface area (Å²) in [5.74, 6) is -1.78.